The Morgan fingerprint density at radius 3 is 2.89 bits per heavy atom. The summed E-state index contributed by atoms with van der Waals surface area (Å²) in [5, 5.41) is 22.8. The molecule has 6 heteroatoms. The van der Waals surface area contributed by atoms with Crippen LogP contribution in [0.2, 0.25) is 0 Å². The van der Waals surface area contributed by atoms with Crippen molar-refractivity contribution in [3.63, 3.8) is 0 Å². The molecule has 1 aliphatic rings. The first kappa shape index (κ1) is 12.5. The molecule has 1 aromatic carbocycles. The number of benzene rings is 1. The van der Waals surface area contributed by atoms with E-state index >= 15 is 0 Å². The van der Waals surface area contributed by atoms with Crippen LogP contribution in [-0.2, 0) is 0 Å². The molecule has 0 radical (unpaired) electrons. The van der Waals surface area contributed by atoms with Crippen LogP contribution in [0.5, 0.6) is 0 Å². The first-order chi connectivity index (χ1) is 8.58. The van der Waals surface area contributed by atoms with Crippen LogP contribution in [0.15, 0.2) is 24.3 Å². The summed E-state index contributed by atoms with van der Waals surface area (Å²) in [5.41, 5.74) is 0.109. The van der Waals surface area contributed by atoms with Gasteiger partial charge in [0.1, 0.15) is 0 Å². The van der Waals surface area contributed by atoms with E-state index in [1.54, 1.807) is 0 Å². The molecular weight excluding hydrogens is 236 g/mol. The van der Waals surface area contributed by atoms with E-state index in [9.17, 15) is 20.0 Å². The number of nitrogens with one attached hydrogen (secondary N) is 1. The number of aliphatic hydroxyl groups is 1. The van der Waals surface area contributed by atoms with Gasteiger partial charge in [0.15, 0.2) is 0 Å². The van der Waals surface area contributed by atoms with Crippen molar-refractivity contribution in [1.82, 2.24) is 5.32 Å². The molecule has 18 heavy (non-hydrogen) atoms. The SMILES string of the molecule is O=C(NCC(O)C1CC1)c1cccc([N+](=O)[O-])c1. The molecule has 1 aromatic rings. The van der Waals surface area contributed by atoms with Gasteiger partial charge in [-0.3, -0.25) is 14.9 Å². The molecule has 0 aromatic heterocycles. The van der Waals surface area contributed by atoms with Crippen molar-refractivity contribution in [3.05, 3.63) is 39.9 Å². The minimum atomic E-state index is -0.546. The highest BCUT2D eigenvalue weighted by Crippen LogP contribution is 2.32. The highest BCUT2D eigenvalue weighted by atomic mass is 16.6. The van der Waals surface area contributed by atoms with Crippen molar-refractivity contribution < 1.29 is 14.8 Å². The molecule has 1 atom stereocenters. The zero-order valence-corrected chi connectivity index (χ0v) is 9.70. The number of hydrogen-bond acceptors (Lipinski definition) is 4. The van der Waals surface area contributed by atoms with Gasteiger partial charge in [0.05, 0.1) is 11.0 Å². The number of carbonyl (C=O) groups excluding carboxylic acids is 1. The fourth-order valence-corrected chi connectivity index (χ4v) is 1.71. The van der Waals surface area contributed by atoms with Gasteiger partial charge in [0, 0.05) is 24.2 Å². The minimum Gasteiger partial charge on any atom is -0.391 e. The molecule has 1 unspecified atom stereocenters. The van der Waals surface area contributed by atoms with Crippen LogP contribution in [0.1, 0.15) is 23.2 Å². The molecule has 1 fully saturated rings. The predicted octanol–water partition coefficient (Wildman–Crippen LogP) is 1.10. The molecule has 0 heterocycles. The smallest absolute Gasteiger partial charge is 0.270 e. The zero-order valence-electron chi connectivity index (χ0n) is 9.70. The average molecular weight is 250 g/mol. The maximum absolute atomic E-state index is 11.7. The number of carbonyl (C=O) groups is 1. The third kappa shape index (κ3) is 3.04. The molecular formula is C12H14N2O4. The number of nitro benzene ring substituents is 1. The maximum atomic E-state index is 11.7. The summed E-state index contributed by atoms with van der Waals surface area (Å²) in [5.74, 6) is -0.117. The van der Waals surface area contributed by atoms with Crippen molar-refractivity contribution in [2.24, 2.45) is 5.92 Å². The monoisotopic (exact) mass is 250 g/mol. The van der Waals surface area contributed by atoms with Gasteiger partial charge in [-0.1, -0.05) is 6.07 Å². The largest absolute Gasteiger partial charge is 0.391 e. The van der Waals surface area contributed by atoms with Crippen LogP contribution in [0.25, 0.3) is 0 Å². The number of hydrogen-bond donors (Lipinski definition) is 2. The van der Waals surface area contributed by atoms with Crippen molar-refractivity contribution in [2.75, 3.05) is 6.54 Å². The van der Waals surface area contributed by atoms with E-state index in [1.165, 1.54) is 24.3 Å². The van der Waals surface area contributed by atoms with Gasteiger partial charge >= 0.3 is 0 Å². The Labute approximate surface area is 104 Å². The van der Waals surface area contributed by atoms with Crippen LogP contribution < -0.4 is 5.32 Å². The third-order valence-corrected chi connectivity index (χ3v) is 2.96. The number of nitro groups is 1. The fraction of sp³-hybridized carbons (Fsp3) is 0.417. The molecule has 6 nitrogen and oxygen atoms in total. The van der Waals surface area contributed by atoms with E-state index in [0.717, 1.165) is 12.8 Å². The predicted molar refractivity (Wildman–Crippen MR) is 64.2 cm³/mol. The Hall–Kier alpha value is -1.95. The van der Waals surface area contributed by atoms with Crippen LogP contribution in [0.3, 0.4) is 0 Å². The van der Waals surface area contributed by atoms with Crippen LogP contribution in [-0.4, -0.2) is 28.6 Å². The third-order valence-electron chi connectivity index (χ3n) is 2.96. The molecule has 1 saturated carbocycles. The van der Waals surface area contributed by atoms with Gasteiger partial charge in [0.2, 0.25) is 0 Å². The Bertz CT molecular complexity index is 471. The second-order valence-electron chi connectivity index (χ2n) is 4.42. The molecule has 0 spiro atoms. The zero-order chi connectivity index (χ0) is 13.1. The van der Waals surface area contributed by atoms with E-state index in [-0.39, 0.29) is 23.7 Å². The second kappa shape index (κ2) is 5.14. The fourth-order valence-electron chi connectivity index (χ4n) is 1.71. The number of aliphatic hydroxyl groups excluding tert-OH is 1. The second-order valence-corrected chi connectivity index (χ2v) is 4.42. The summed E-state index contributed by atoms with van der Waals surface area (Å²) >= 11 is 0. The Morgan fingerprint density at radius 1 is 1.56 bits per heavy atom. The average Bonchev–Trinajstić information content (AvgIpc) is 3.20. The topological polar surface area (TPSA) is 92.5 Å². The molecule has 0 bridgehead atoms. The lowest BCUT2D eigenvalue weighted by Gasteiger charge is -2.10. The first-order valence-electron chi connectivity index (χ1n) is 5.78. The normalized spacial score (nSPS) is 16.1. The molecule has 0 aliphatic heterocycles. The van der Waals surface area contributed by atoms with E-state index in [4.69, 9.17) is 0 Å². The maximum Gasteiger partial charge on any atom is 0.270 e. The van der Waals surface area contributed by atoms with Gasteiger partial charge in [-0.2, -0.15) is 0 Å². The highest BCUT2D eigenvalue weighted by molar-refractivity contribution is 5.94. The molecule has 96 valence electrons. The summed E-state index contributed by atoms with van der Waals surface area (Å²) < 4.78 is 0. The van der Waals surface area contributed by atoms with Crippen LogP contribution in [0.4, 0.5) is 5.69 Å². The molecule has 2 rings (SSSR count). The van der Waals surface area contributed by atoms with Gasteiger partial charge in [-0.15, -0.1) is 0 Å². The molecule has 1 amide bonds. The number of nitrogens with zero attached hydrogens (tertiary/aromatic N) is 1. The standard InChI is InChI=1S/C12H14N2O4/c15-11(8-4-5-8)7-13-12(16)9-2-1-3-10(6-9)14(17)18/h1-3,6,8,11,15H,4-5,7H2,(H,13,16). The Kier molecular flexibility index (Phi) is 3.57. The van der Waals surface area contributed by atoms with Crippen LogP contribution in [0, 0.1) is 16.0 Å². The summed E-state index contributed by atoms with van der Waals surface area (Å²) in [6.07, 6.45) is 1.47. The Balaban J connectivity index is 1.95. The van der Waals surface area contributed by atoms with E-state index < -0.39 is 16.9 Å². The van der Waals surface area contributed by atoms with Crippen molar-refractivity contribution in [3.8, 4) is 0 Å². The highest BCUT2D eigenvalue weighted by Gasteiger charge is 2.29. The lowest BCUT2D eigenvalue weighted by atomic mass is 10.2. The van der Waals surface area contributed by atoms with Crippen molar-refractivity contribution in [1.29, 1.82) is 0 Å². The number of non-ortho nitro benzene ring substituents is 1. The summed E-state index contributed by atoms with van der Waals surface area (Å²) in [6.45, 7) is 0.187. The van der Waals surface area contributed by atoms with Gasteiger partial charge in [-0.25, -0.2) is 0 Å². The lowest BCUT2D eigenvalue weighted by molar-refractivity contribution is -0.384. The number of amides is 1. The Morgan fingerprint density at radius 2 is 2.28 bits per heavy atom. The van der Waals surface area contributed by atoms with Gasteiger partial charge in [0.25, 0.3) is 11.6 Å². The van der Waals surface area contributed by atoms with E-state index in [0.29, 0.717) is 0 Å². The summed E-state index contributed by atoms with van der Waals surface area (Å²) in [4.78, 5) is 21.7. The lowest BCUT2D eigenvalue weighted by Crippen LogP contribution is -2.33. The van der Waals surface area contributed by atoms with E-state index in [1.807, 2.05) is 0 Å². The summed E-state index contributed by atoms with van der Waals surface area (Å²) in [7, 11) is 0. The minimum absolute atomic E-state index is 0.120. The van der Waals surface area contributed by atoms with E-state index in [2.05, 4.69) is 5.32 Å². The van der Waals surface area contributed by atoms with Gasteiger partial charge in [-0.05, 0) is 24.8 Å². The van der Waals surface area contributed by atoms with Crippen molar-refractivity contribution in [2.45, 2.75) is 18.9 Å². The van der Waals surface area contributed by atoms with Gasteiger partial charge < -0.3 is 10.4 Å². The first-order valence-corrected chi connectivity index (χ1v) is 5.78. The molecule has 1 aliphatic carbocycles. The molecule has 0 saturated heterocycles. The van der Waals surface area contributed by atoms with Crippen molar-refractivity contribution >= 4 is 11.6 Å². The van der Waals surface area contributed by atoms with Crippen LogP contribution >= 0.6 is 0 Å². The number of rotatable bonds is 5. The molecule has 2 N–H and O–H groups in total. The summed E-state index contributed by atoms with van der Waals surface area (Å²) in [6, 6.07) is 5.52. The quantitative estimate of drug-likeness (QED) is 0.604.